The molecule has 31 heavy (non-hydrogen) atoms. The van der Waals surface area contributed by atoms with Crippen LogP contribution in [0.4, 0.5) is 0 Å². The molecule has 0 unspecified atom stereocenters. The van der Waals surface area contributed by atoms with E-state index in [0.717, 1.165) is 39.9 Å². The molecule has 5 rings (SSSR count). The van der Waals surface area contributed by atoms with Crippen molar-refractivity contribution in [2.75, 3.05) is 13.6 Å². The maximum atomic E-state index is 13.2. The maximum absolute atomic E-state index is 13.2. The van der Waals surface area contributed by atoms with E-state index in [-0.39, 0.29) is 4.90 Å². The zero-order valence-electron chi connectivity index (χ0n) is 17.2. The molecule has 0 N–H and O–H groups in total. The molecule has 0 bridgehead atoms. The molecule has 6 nitrogen and oxygen atoms in total. The Bertz CT molecular complexity index is 1410. The molecule has 1 aliphatic rings. The monoisotopic (exact) mass is 544 g/mol. The second kappa shape index (κ2) is 7.68. The third kappa shape index (κ3) is 3.66. The minimum atomic E-state index is -3.75. The van der Waals surface area contributed by atoms with Crippen LogP contribution in [0.3, 0.4) is 0 Å². The van der Waals surface area contributed by atoms with E-state index in [1.165, 1.54) is 15.1 Å². The van der Waals surface area contributed by atoms with Gasteiger partial charge in [-0.2, -0.15) is 0 Å². The molecular formula is C23H21IN4O2S. The van der Waals surface area contributed by atoms with Crippen molar-refractivity contribution in [1.29, 1.82) is 0 Å². The zero-order valence-corrected chi connectivity index (χ0v) is 20.2. The lowest BCUT2D eigenvalue weighted by Gasteiger charge is -2.25. The summed E-state index contributed by atoms with van der Waals surface area (Å²) in [6.07, 6.45) is 4.30. The van der Waals surface area contributed by atoms with Gasteiger partial charge in [-0.3, -0.25) is 0 Å². The van der Waals surface area contributed by atoms with Crippen LogP contribution in [-0.4, -0.2) is 40.9 Å². The van der Waals surface area contributed by atoms with Crippen molar-refractivity contribution in [2.45, 2.75) is 24.8 Å². The fourth-order valence-corrected chi connectivity index (χ4v) is 6.08. The minimum absolute atomic E-state index is 0.232. The lowest BCUT2D eigenvalue weighted by atomic mass is 9.97. The minimum Gasteiger partial charge on any atom is -0.302 e. The Kier molecular flexibility index (Phi) is 5.10. The second-order valence-corrected chi connectivity index (χ2v) is 11.0. The van der Waals surface area contributed by atoms with Crippen LogP contribution >= 0.6 is 22.6 Å². The lowest BCUT2D eigenvalue weighted by molar-refractivity contribution is 0.313. The molecule has 8 heteroatoms. The average molecular weight is 544 g/mol. The Balaban J connectivity index is 1.59. The predicted octanol–water partition coefficient (Wildman–Crippen LogP) is 4.24. The summed E-state index contributed by atoms with van der Waals surface area (Å²) in [5.74, 6) is 0. The van der Waals surface area contributed by atoms with E-state index in [0.29, 0.717) is 11.2 Å². The molecule has 1 aliphatic heterocycles. The fourth-order valence-electron chi connectivity index (χ4n) is 3.93. The fraction of sp³-hybridized carbons (Fsp3) is 0.217. The summed E-state index contributed by atoms with van der Waals surface area (Å²) < 4.78 is 28.4. The van der Waals surface area contributed by atoms with E-state index in [1.807, 2.05) is 6.92 Å². The van der Waals surface area contributed by atoms with Crippen molar-refractivity contribution in [3.05, 3.63) is 75.1 Å². The number of hydrogen-bond acceptors (Lipinski definition) is 5. The molecule has 3 heterocycles. The Morgan fingerprint density at radius 2 is 1.84 bits per heavy atom. The van der Waals surface area contributed by atoms with Gasteiger partial charge in [0, 0.05) is 24.8 Å². The van der Waals surface area contributed by atoms with Gasteiger partial charge < -0.3 is 4.90 Å². The van der Waals surface area contributed by atoms with Gasteiger partial charge in [0.15, 0.2) is 5.65 Å². The zero-order chi connectivity index (χ0) is 21.8. The molecule has 0 saturated heterocycles. The summed E-state index contributed by atoms with van der Waals surface area (Å²) in [6.45, 7) is 3.91. The number of hydrogen-bond donors (Lipinski definition) is 0. The molecule has 0 spiro atoms. The van der Waals surface area contributed by atoms with Crippen LogP contribution in [-0.2, 0) is 23.0 Å². The standard InChI is InChI=1S/C23H21IN4O2S/c1-15-3-7-19(8-4-15)31(29,30)28-14-20(24)22-23(28)25-12-21(26-22)17-6-5-16-9-10-27(2)13-18(16)11-17/h3-8,11-12,14H,9-10,13H2,1-2H3. The first kappa shape index (κ1) is 20.6. The number of likely N-dealkylation sites (N-methyl/N-ethyl adjacent to an activating group) is 1. The van der Waals surface area contributed by atoms with E-state index in [2.05, 4.69) is 57.7 Å². The van der Waals surface area contributed by atoms with Crippen molar-refractivity contribution in [3.63, 3.8) is 0 Å². The topological polar surface area (TPSA) is 68.1 Å². The van der Waals surface area contributed by atoms with Gasteiger partial charge in [-0.25, -0.2) is 22.4 Å². The number of aromatic nitrogens is 3. The van der Waals surface area contributed by atoms with Gasteiger partial charge in [0.05, 0.1) is 20.4 Å². The molecule has 4 aromatic rings. The Labute approximate surface area is 195 Å². The van der Waals surface area contributed by atoms with E-state index < -0.39 is 10.0 Å². The molecule has 2 aromatic carbocycles. The average Bonchev–Trinajstić information content (AvgIpc) is 3.10. The predicted molar refractivity (Wildman–Crippen MR) is 129 cm³/mol. The third-order valence-electron chi connectivity index (χ3n) is 5.70. The first-order valence-corrected chi connectivity index (χ1v) is 12.5. The highest BCUT2D eigenvalue weighted by Crippen LogP contribution is 2.29. The summed E-state index contributed by atoms with van der Waals surface area (Å²) in [4.78, 5) is 11.8. The van der Waals surface area contributed by atoms with Crippen molar-refractivity contribution in [3.8, 4) is 11.3 Å². The normalized spacial score (nSPS) is 14.7. The second-order valence-electron chi connectivity index (χ2n) is 7.99. The molecule has 0 radical (unpaired) electrons. The Morgan fingerprint density at radius 1 is 1.06 bits per heavy atom. The SMILES string of the molecule is Cc1ccc(S(=O)(=O)n2cc(I)c3nc(-c4ccc5c(c4)CN(C)CC5)cnc32)cc1. The molecule has 0 amide bonds. The quantitative estimate of drug-likeness (QED) is 0.361. The van der Waals surface area contributed by atoms with Crippen molar-refractivity contribution < 1.29 is 8.42 Å². The largest absolute Gasteiger partial charge is 0.302 e. The van der Waals surface area contributed by atoms with E-state index in [4.69, 9.17) is 4.98 Å². The summed E-state index contributed by atoms with van der Waals surface area (Å²) in [5.41, 5.74) is 6.35. The van der Waals surface area contributed by atoms with Crippen LogP contribution in [0, 0.1) is 10.5 Å². The van der Waals surface area contributed by atoms with E-state index in [1.54, 1.807) is 36.7 Å². The Hall–Kier alpha value is -2.30. The molecular weight excluding hydrogens is 523 g/mol. The third-order valence-corrected chi connectivity index (χ3v) is 8.16. The summed E-state index contributed by atoms with van der Waals surface area (Å²) in [7, 11) is -1.63. The van der Waals surface area contributed by atoms with Crippen molar-refractivity contribution >= 4 is 43.8 Å². The number of fused-ring (bicyclic) bond motifs is 2. The molecule has 0 fully saturated rings. The van der Waals surface area contributed by atoms with Gasteiger partial charge in [-0.15, -0.1) is 0 Å². The highest BCUT2D eigenvalue weighted by atomic mass is 127. The molecule has 0 atom stereocenters. The highest BCUT2D eigenvalue weighted by molar-refractivity contribution is 14.1. The van der Waals surface area contributed by atoms with Crippen molar-refractivity contribution in [2.24, 2.45) is 0 Å². The molecule has 158 valence electrons. The van der Waals surface area contributed by atoms with Gasteiger partial charge in [0.1, 0.15) is 5.52 Å². The van der Waals surface area contributed by atoms with Gasteiger partial charge in [-0.1, -0.05) is 29.8 Å². The van der Waals surface area contributed by atoms with Crippen LogP contribution in [0.5, 0.6) is 0 Å². The van der Waals surface area contributed by atoms with E-state index in [9.17, 15) is 8.42 Å². The van der Waals surface area contributed by atoms with E-state index >= 15 is 0 Å². The molecule has 2 aromatic heterocycles. The van der Waals surface area contributed by atoms with Gasteiger partial charge >= 0.3 is 0 Å². The summed E-state index contributed by atoms with van der Waals surface area (Å²) in [5, 5.41) is 0. The summed E-state index contributed by atoms with van der Waals surface area (Å²) in [6, 6.07) is 13.2. The first-order valence-electron chi connectivity index (χ1n) is 9.99. The van der Waals surface area contributed by atoms with Gasteiger partial charge in [0.2, 0.25) is 0 Å². The highest BCUT2D eigenvalue weighted by Gasteiger charge is 2.23. The van der Waals surface area contributed by atoms with Crippen LogP contribution in [0.1, 0.15) is 16.7 Å². The van der Waals surface area contributed by atoms with Crippen LogP contribution in [0.25, 0.3) is 22.4 Å². The number of benzene rings is 2. The first-order chi connectivity index (χ1) is 14.8. The molecule has 0 aliphatic carbocycles. The number of aryl methyl sites for hydroxylation is 1. The van der Waals surface area contributed by atoms with Crippen molar-refractivity contribution in [1.82, 2.24) is 18.8 Å². The van der Waals surface area contributed by atoms with Gasteiger partial charge in [0.25, 0.3) is 10.0 Å². The summed E-state index contributed by atoms with van der Waals surface area (Å²) >= 11 is 2.12. The molecule has 0 saturated carbocycles. The van der Waals surface area contributed by atoms with Gasteiger partial charge in [-0.05, 0) is 72.3 Å². The maximum Gasteiger partial charge on any atom is 0.269 e. The smallest absolute Gasteiger partial charge is 0.269 e. The number of halogens is 1. The lowest BCUT2D eigenvalue weighted by Crippen LogP contribution is -2.26. The number of rotatable bonds is 3. The van der Waals surface area contributed by atoms with Crippen LogP contribution < -0.4 is 0 Å². The Morgan fingerprint density at radius 3 is 2.61 bits per heavy atom. The van der Waals surface area contributed by atoms with Crippen LogP contribution in [0.15, 0.2) is 59.8 Å². The number of nitrogens with zero attached hydrogens (tertiary/aromatic N) is 4. The van der Waals surface area contributed by atoms with Crippen LogP contribution in [0.2, 0.25) is 0 Å².